The van der Waals surface area contributed by atoms with E-state index >= 15 is 0 Å². The lowest BCUT2D eigenvalue weighted by Gasteiger charge is -2.12. The van der Waals surface area contributed by atoms with Gasteiger partial charge in [-0.25, -0.2) is 12.7 Å². The molecule has 2 N–H and O–H groups in total. The van der Waals surface area contributed by atoms with Crippen LogP contribution >= 0.6 is 12.4 Å². The highest BCUT2D eigenvalue weighted by Gasteiger charge is 2.08. The molecule has 0 atom stereocenters. The van der Waals surface area contributed by atoms with Gasteiger partial charge in [0.15, 0.2) is 0 Å². The minimum Gasteiger partial charge on any atom is -0.330 e. The number of sulfonamides is 1. The van der Waals surface area contributed by atoms with Gasteiger partial charge in [-0.05, 0) is 13.0 Å². The Balaban J connectivity index is 0. The van der Waals surface area contributed by atoms with Gasteiger partial charge in [0.05, 0.1) is 6.26 Å². The van der Waals surface area contributed by atoms with Gasteiger partial charge in [0, 0.05) is 13.6 Å². The second-order valence-electron chi connectivity index (χ2n) is 2.23. The van der Waals surface area contributed by atoms with E-state index < -0.39 is 10.0 Å². The van der Waals surface area contributed by atoms with E-state index in [1.807, 2.05) is 0 Å². The van der Waals surface area contributed by atoms with Crippen molar-refractivity contribution in [2.24, 2.45) is 5.73 Å². The maximum atomic E-state index is 10.7. The largest absolute Gasteiger partial charge is 0.330 e. The molecule has 0 bridgehead atoms. The number of nitrogens with two attached hydrogens (primary N) is 1. The highest BCUT2D eigenvalue weighted by Crippen LogP contribution is 1.92. The average Bonchev–Trinajstić information content (AvgIpc) is 1.80. The van der Waals surface area contributed by atoms with Gasteiger partial charge in [-0.3, -0.25) is 0 Å². The fraction of sp³-hybridized carbons (Fsp3) is 1.00. The van der Waals surface area contributed by atoms with Crippen LogP contribution in [0, 0.1) is 0 Å². The van der Waals surface area contributed by atoms with Crippen molar-refractivity contribution in [3.05, 3.63) is 0 Å². The van der Waals surface area contributed by atoms with E-state index in [0.717, 1.165) is 0 Å². The summed E-state index contributed by atoms with van der Waals surface area (Å²) in [7, 11) is -1.45. The number of halogens is 1. The van der Waals surface area contributed by atoms with Gasteiger partial charge < -0.3 is 5.73 Å². The van der Waals surface area contributed by atoms with Gasteiger partial charge in [0.2, 0.25) is 10.0 Å². The summed E-state index contributed by atoms with van der Waals surface area (Å²) in [4.78, 5) is 0. The molecular formula is C5H15ClN2O2S. The zero-order valence-corrected chi connectivity index (χ0v) is 8.41. The van der Waals surface area contributed by atoms with Crippen LogP contribution in [0.5, 0.6) is 0 Å². The molecule has 11 heavy (non-hydrogen) atoms. The Labute approximate surface area is 74.2 Å². The molecule has 0 fully saturated rings. The van der Waals surface area contributed by atoms with Crippen LogP contribution in [0.1, 0.15) is 6.42 Å². The van der Waals surface area contributed by atoms with Crippen LogP contribution in [0.3, 0.4) is 0 Å². The highest BCUT2D eigenvalue weighted by molar-refractivity contribution is 7.88. The van der Waals surface area contributed by atoms with Crippen molar-refractivity contribution in [3.8, 4) is 0 Å². The molecule has 0 rings (SSSR count). The first-order valence-electron chi connectivity index (χ1n) is 3.10. The molecule has 0 amide bonds. The molecule has 0 radical (unpaired) electrons. The molecule has 0 spiro atoms. The Hall–Kier alpha value is 0.160. The molecule has 0 aromatic heterocycles. The minimum absolute atomic E-state index is 0. The van der Waals surface area contributed by atoms with Crippen LogP contribution < -0.4 is 5.73 Å². The van der Waals surface area contributed by atoms with E-state index in [4.69, 9.17) is 5.73 Å². The Bertz CT molecular complexity index is 181. The van der Waals surface area contributed by atoms with Gasteiger partial charge in [-0.15, -0.1) is 12.4 Å². The normalized spacial score (nSPS) is 11.3. The summed E-state index contributed by atoms with van der Waals surface area (Å²) in [5, 5.41) is 0. The van der Waals surface area contributed by atoms with Crippen molar-refractivity contribution >= 4 is 22.4 Å². The number of rotatable bonds is 4. The zero-order valence-electron chi connectivity index (χ0n) is 6.78. The lowest BCUT2D eigenvalue weighted by molar-refractivity contribution is 0.469. The SMILES string of the molecule is CN(CCCN)S(C)(=O)=O.Cl. The number of hydrogen-bond donors (Lipinski definition) is 1. The third kappa shape index (κ3) is 6.55. The second kappa shape index (κ2) is 5.77. The van der Waals surface area contributed by atoms with Crippen molar-refractivity contribution in [2.45, 2.75) is 6.42 Å². The van der Waals surface area contributed by atoms with Crippen LogP contribution in [0.4, 0.5) is 0 Å². The Kier molecular flexibility index (Phi) is 7.20. The van der Waals surface area contributed by atoms with E-state index in [0.29, 0.717) is 19.5 Å². The fourth-order valence-corrected chi connectivity index (χ4v) is 0.941. The molecule has 0 aromatic rings. The van der Waals surface area contributed by atoms with Gasteiger partial charge in [0.25, 0.3) is 0 Å². The molecule has 0 saturated carbocycles. The molecule has 70 valence electrons. The van der Waals surface area contributed by atoms with E-state index in [1.54, 1.807) is 7.05 Å². The molecule has 0 saturated heterocycles. The molecular weight excluding hydrogens is 188 g/mol. The second-order valence-corrected chi connectivity index (χ2v) is 4.32. The van der Waals surface area contributed by atoms with Gasteiger partial charge in [-0.1, -0.05) is 0 Å². The molecule has 0 aromatic carbocycles. The standard InChI is InChI=1S/C5H14N2O2S.ClH/c1-7(5-3-4-6)10(2,8)9;/h3-6H2,1-2H3;1H. The minimum atomic E-state index is -3.00. The molecule has 4 nitrogen and oxygen atoms in total. The first kappa shape index (κ1) is 13.7. The predicted molar refractivity (Wildman–Crippen MR) is 48.4 cm³/mol. The highest BCUT2D eigenvalue weighted by atomic mass is 35.5. The van der Waals surface area contributed by atoms with E-state index in [-0.39, 0.29) is 12.4 Å². The monoisotopic (exact) mass is 202 g/mol. The first-order chi connectivity index (χ1) is 4.48. The number of hydrogen-bond acceptors (Lipinski definition) is 3. The summed E-state index contributed by atoms with van der Waals surface area (Å²) < 4.78 is 22.7. The van der Waals surface area contributed by atoms with Crippen LogP contribution in [-0.2, 0) is 10.0 Å². The molecule has 0 heterocycles. The van der Waals surface area contributed by atoms with Crippen molar-refractivity contribution < 1.29 is 8.42 Å². The maximum Gasteiger partial charge on any atom is 0.210 e. The van der Waals surface area contributed by atoms with Crippen LogP contribution in [0.25, 0.3) is 0 Å². The van der Waals surface area contributed by atoms with E-state index in [1.165, 1.54) is 10.6 Å². The van der Waals surface area contributed by atoms with Crippen molar-refractivity contribution in [2.75, 3.05) is 26.4 Å². The van der Waals surface area contributed by atoms with Crippen LogP contribution in [-0.4, -0.2) is 39.1 Å². The summed E-state index contributed by atoms with van der Waals surface area (Å²) in [5.41, 5.74) is 5.20. The van der Waals surface area contributed by atoms with Crippen molar-refractivity contribution in [1.82, 2.24) is 4.31 Å². The predicted octanol–water partition coefficient (Wildman–Crippen LogP) is -0.352. The van der Waals surface area contributed by atoms with Crippen LogP contribution in [0.15, 0.2) is 0 Å². The third-order valence-corrected chi connectivity index (χ3v) is 2.56. The zero-order chi connectivity index (χ0) is 8.20. The van der Waals surface area contributed by atoms with E-state index in [2.05, 4.69) is 0 Å². The van der Waals surface area contributed by atoms with E-state index in [9.17, 15) is 8.42 Å². The maximum absolute atomic E-state index is 10.7. The average molecular weight is 203 g/mol. The topological polar surface area (TPSA) is 63.4 Å². The molecule has 6 heteroatoms. The van der Waals surface area contributed by atoms with Gasteiger partial charge >= 0.3 is 0 Å². The lowest BCUT2D eigenvalue weighted by Crippen LogP contribution is -2.27. The summed E-state index contributed by atoms with van der Waals surface area (Å²) in [5.74, 6) is 0. The Morgan fingerprint density at radius 2 is 1.91 bits per heavy atom. The van der Waals surface area contributed by atoms with Crippen molar-refractivity contribution in [3.63, 3.8) is 0 Å². The fourth-order valence-electron chi connectivity index (χ4n) is 0.480. The molecule has 0 aliphatic rings. The number of nitrogens with zero attached hydrogens (tertiary/aromatic N) is 1. The Morgan fingerprint density at radius 1 is 1.45 bits per heavy atom. The van der Waals surface area contributed by atoms with Crippen LogP contribution in [0.2, 0.25) is 0 Å². The summed E-state index contributed by atoms with van der Waals surface area (Å²) in [6.07, 6.45) is 1.90. The summed E-state index contributed by atoms with van der Waals surface area (Å²) >= 11 is 0. The van der Waals surface area contributed by atoms with Gasteiger partial charge in [-0.2, -0.15) is 0 Å². The molecule has 0 unspecified atom stereocenters. The van der Waals surface area contributed by atoms with Gasteiger partial charge in [0.1, 0.15) is 0 Å². The summed E-state index contributed by atoms with van der Waals surface area (Å²) in [6.45, 7) is 1.04. The Morgan fingerprint density at radius 3 is 2.18 bits per heavy atom. The third-order valence-electron chi connectivity index (χ3n) is 1.24. The lowest BCUT2D eigenvalue weighted by atomic mass is 10.4. The summed E-state index contributed by atoms with van der Waals surface area (Å²) in [6, 6.07) is 0. The molecule has 0 aliphatic carbocycles. The quantitative estimate of drug-likeness (QED) is 0.678. The first-order valence-corrected chi connectivity index (χ1v) is 4.94. The smallest absolute Gasteiger partial charge is 0.210 e. The van der Waals surface area contributed by atoms with Crippen molar-refractivity contribution in [1.29, 1.82) is 0 Å². The molecule has 0 aliphatic heterocycles.